The van der Waals surface area contributed by atoms with E-state index < -0.39 is 17.7 Å². The van der Waals surface area contributed by atoms with E-state index in [0.717, 1.165) is 6.42 Å². The number of hydrogen-bond donors (Lipinski definition) is 2. The largest absolute Gasteiger partial charge is 0.467 e. The Morgan fingerprint density at radius 1 is 1.33 bits per heavy atom. The molecule has 0 aromatic carbocycles. The minimum atomic E-state index is -0.545. The predicted octanol–water partition coefficient (Wildman–Crippen LogP) is -0.536. The molecule has 0 saturated carbocycles. The van der Waals surface area contributed by atoms with Crippen molar-refractivity contribution >= 4 is 17.7 Å². The highest BCUT2D eigenvalue weighted by Gasteiger charge is 2.32. The van der Waals surface area contributed by atoms with Crippen LogP contribution in [-0.2, 0) is 16.1 Å². The summed E-state index contributed by atoms with van der Waals surface area (Å²) in [7, 11) is 0. The summed E-state index contributed by atoms with van der Waals surface area (Å²) in [5, 5.41) is 0. The average molecular weight is 294 g/mol. The standard InChI is InChI=1S/C13H18N4O4/c1-2-3-16-4-5-17(13(20)12(16)19)7-10-6-9(8-21-10)11(18)15-14/h6,8H,2-5,7,14H2,1H3,(H,15,18). The van der Waals surface area contributed by atoms with Crippen molar-refractivity contribution in [3.63, 3.8) is 0 Å². The second-order valence-electron chi connectivity index (χ2n) is 4.79. The van der Waals surface area contributed by atoms with Crippen molar-refractivity contribution in [2.24, 2.45) is 5.84 Å². The molecule has 8 heteroatoms. The fraction of sp³-hybridized carbons (Fsp3) is 0.462. The van der Waals surface area contributed by atoms with E-state index in [-0.39, 0.29) is 12.1 Å². The van der Waals surface area contributed by atoms with Gasteiger partial charge in [-0.25, -0.2) is 5.84 Å². The van der Waals surface area contributed by atoms with Crippen LogP contribution in [0.4, 0.5) is 0 Å². The number of nitrogen functional groups attached to an aromatic ring is 1. The summed E-state index contributed by atoms with van der Waals surface area (Å²) in [6, 6.07) is 1.50. The smallest absolute Gasteiger partial charge is 0.312 e. The van der Waals surface area contributed by atoms with Crippen molar-refractivity contribution in [1.29, 1.82) is 0 Å². The van der Waals surface area contributed by atoms with Gasteiger partial charge in [-0.15, -0.1) is 0 Å². The van der Waals surface area contributed by atoms with Crippen molar-refractivity contribution in [2.45, 2.75) is 19.9 Å². The van der Waals surface area contributed by atoms with Gasteiger partial charge in [0.2, 0.25) is 0 Å². The third kappa shape index (κ3) is 3.22. The summed E-state index contributed by atoms with van der Waals surface area (Å²) in [4.78, 5) is 38.2. The molecule has 0 spiro atoms. The number of hydrogen-bond acceptors (Lipinski definition) is 5. The maximum absolute atomic E-state index is 12.0. The van der Waals surface area contributed by atoms with Crippen molar-refractivity contribution in [3.05, 3.63) is 23.7 Å². The molecule has 1 fully saturated rings. The Kier molecular flexibility index (Phi) is 4.59. The molecule has 1 aliphatic heterocycles. The minimum Gasteiger partial charge on any atom is -0.467 e. The molecule has 2 rings (SSSR count). The highest BCUT2D eigenvalue weighted by molar-refractivity contribution is 6.35. The Morgan fingerprint density at radius 3 is 2.67 bits per heavy atom. The van der Waals surface area contributed by atoms with Crippen LogP contribution >= 0.6 is 0 Å². The number of furan rings is 1. The van der Waals surface area contributed by atoms with Gasteiger partial charge in [-0.1, -0.05) is 6.92 Å². The fourth-order valence-corrected chi connectivity index (χ4v) is 2.20. The van der Waals surface area contributed by atoms with Crippen LogP contribution in [0, 0.1) is 0 Å². The summed E-state index contributed by atoms with van der Waals surface area (Å²) in [6.45, 7) is 3.65. The number of nitrogens with one attached hydrogen (secondary N) is 1. The number of nitrogens with zero attached hydrogens (tertiary/aromatic N) is 2. The van der Waals surface area contributed by atoms with Crippen LogP contribution in [0.3, 0.4) is 0 Å². The Hall–Kier alpha value is -2.35. The zero-order valence-corrected chi connectivity index (χ0v) is 11.8. The lowest BCUT2D eigenvalue weighted by molar-refractivity contribution is -0.156. The number of piperazine rings is 1. The van der Waals surface area contributed by atoms with E-state index in [2.05, 4.69) is 0 Å². The van der Waals surface area contributed by atoms with Crippen molar-refractivity contribution in [2.75, 3.05) is 19.6 Å². The van der Waals surface area contributed by atoms with Gasteiger partial charge >= 0.3 is 11.8 Å². The van der Waals surface area contributed by atoms with Gasteiger partial charge in [-0.2, -0.15) is 0 Å². The van der Waals surface area contributed by atoms with E-state index in [1.807, 2.05) is 12.3 Å². The molecule has 0 radical (unpaired) electrons. The van der Waals surface area contributed by atoms with Crippen LogP contribution in [0.5, 0.6) is 0 Å². The topological polar surface area (TPSA) is 109 Å². The molecule has 1 saturated heterocycles. The highest BCUT2D eigenvalue weighted by Crippen LogP contribution is 2.14. The van der Waals surface area contributed by atoms with Crippen LogP contribution in [-0.4, -0.2) is 47.2 Å². The summed E-state index contributed by atoms with van der Waals surface area (Å²) >= 11 is 0. The molecule has 114 valence electrons. The van der Waals surface area contributed by atoms with Crippen LogP contribution < -0.4 is 11.3 Å². The molecule has 2 heterocycles. The quantitative estimate of drug-likeness (QED) is 0.328. The molecule has 1 aliphatic rings. The minimum absolute atomic E-state index is 0.155. The van der Waals surface area contributed by atoms with Crippen molar-refractivity contribution in [1.82, 2.24) is 15.2 Å². The van der Waals surface area contributed by atoms with E-state index in [4.69, 9.17) is 10.3 Å². The molecule has 0 aliphatic carbocycles. The van der Waals surface area contributed by atoms with E-state index in [1.54, 1.807) is 4.90 Å². The van der Waals surface area contributed by atoms with Crippen LogP contribution in [0.25, 0.3) is 0 Å². The lowest BCUT2D eigenvalue weighted by Gasteiger charge is -2.33. The number of carbonyl (C=O) groups excluding carboxylic acids is 3. The Bertz CT molecular complexity index is 554. The molecule has 0 atom stereocenters. The number of nitrogens with two attached hydrogens (primary N) is 1. The molecular formula is C13H18N4O4. The maximum Gasteiger partial charge on any atom is 0.312 e. The highest BCUT2D eigenvalue weighted by atomic mass is 16.3. The van der Waals surface area contributed by atoms with Gasteiger partial charge in [-0.05, 0) is 12.5 Å². The third-order valence-corrected chi connectivity index (χ3v) is 3.28. The lowest BCUT2D eigenvalue weighted by Crippen LogP contribution is -2.53. The lowest BCUT2D eigenvalue weighted by atomic mass is 10.2. The summed E-state index contributed by atoms with van der Waals surface area (Å²) in [5.41, 5.74) is 2.27. The van der Waals surface area contributed by atoms with Gasteiger partial charge in [-0.3, -0.25) is 19.8 Å². The molecule has 3 amide bonds. The monoisotopic (exact) mass is 294 g/mol. The second kappa shape index (κ2) is 6.40. The first-order chi connectivity index (χ1) is 10.1. The van der Waals surface area contributed by atoms with E-state index >= 15 is 0 Å². The molecule has 8 nitrogen and oxygen atoms in total. The molecule has 0 unspecified atom stereocenters. The number of hydrazine groups is 1. The molecular weight excluding hydrogens is 276 g/mol. The van der Waals surface area contributed by atoms with E-state index in [1.165, 1.54) is 17.2 Å². The number of amides is 3. The zero-order chi connectivity index (χ0) is 15.4. The number of rotatable bonds is 5. The Morgan fingerprint density at radius 2 is 2.00 bits per heavy atom. The molecule has 1 aromatic heterocycles. The van der Waals surface area contributed by atoms with Gasteiger partial charge < -0.3 is 14.2 Å². The first kappa shape index (κ1) is 15.0. The molecule has 21 heavy (non-hydrogen) atoms. The Balaban J connectivity index is 2.01. The predicted molar refractivity (Wildman–Crippen MR) is 72.6 cm³/mol. The van der Waals surface area contributed by atoms with E-state index in [9.17, 15) is 14.4 Å². The molecule has 3 N–H and O–H groups in total. The van der Waals surface area contributed by atoms with Gasteiger partial charge in [0.15, 0.2) is 0 Å². The average Bonchev–Trinajstić information content (AvgIpc) is 2.95. The van der Waals surface area contributed by atoms with Crippen LogP contribution in [0.2, 0.25) is 0 Å². The SMILES string of the molecule is CCCN1CCN(Cc2cc(C(=O)NN)co2)C(=O)C1=O. The number of carbonyl (C=O) groups is 3. The van der Waals surface area contributed by atoms with Crippen molar-refractivity contribution < 1.29 is 18.8 Å². The van der Waals surface area contributed by atoms with E-state index in [0.29, 0.717) is 25.4 Å². The first-order valence-corrected chi connectivity index (χ1v) is 6.73. The van der Waals surface area contributed by atoms with Crippen LogP contribution in [0.15, 0.2) is 16.7 Å². The van der Waals surface area contributed by atoms with Gasteiger partial charge in [0.1, 0.15) is 12.0 Å². The second-order valence-corrected chi connectivity index (χ2v) is 4.79. The normalized spacial score (nSPS) is 15.5. The first-order valence-electron chi connectivity index (χ1n) is 6.73. The van der Waals surface area contributed by atoms with Gasteiger partial charge in [0.05, 0.1) is 12.1 Å². The Labute approximate surface area is 121 Å². The van der Waals surface area contributed by atoms with Crippen LogP contribution in [0.1, 0.15) is 29.5 Å². The summed E-state index contributed by atoms with van der Waals surface area (Å²) in [6.07, 6.45) is 2.08. The summed E-state index contributed by atoms with van der Waals surface area (Å²) in [5.74, 6) is 3.95. The van der Waals surface area contributed by atoms with Gasteiger partial charge in [0.25, 0.3) is 5.91 Å². The molecule has 1 aromatic rings. The summed E-state index contributed by atoms with van der Waals surface area (Å²) < 4.78 is 5.21. The fourth-order valence-electron chi connectivity index (χ4n) is 2.20. The third-order valence-electron chi connectivity index (χ3n) is 3.28. The maximum atomic E-state index is 12.0. The van der Waals surface area contributed by atoms with Gasteiger partial charge in [0, 0.05) is 19.6 Å². The zero-order valence-electron chi connectivity index (χ0n) is 11.8. The van der Waals surface area contributed by atoms with Crippen molar-refractivity contribution in [3.8, 4) is 0 Å². The molecule has 0 bridgehead atoms.